The Morgan fingerprint density at radius 3 is 2.74 bits per heavy atom. The second-order valence-corrected chi connectivity index (χ2v) is 4.94. The molecule has 1 heterocycles. The normalized spacial score (nSPS) is 10.3. The molecule has 0 spiro atoms. The Kier molecular flexibility index (Phi) is 5.29. The van der Waals surface area contributed by atoms with Crippen LogP contribution in [0.1, 0.15) is 23.7 Å². The largest absolute Gasteiger partial charge is 0.482 e. The molecular formula is C15H17N3O5. The molecule has 1 aromatic heterocycles. The van der Waals surface area contributed by atoms with Crippen molar-refractivity contribution in [1.82, 2.24) is 10.1 Å². The Hall–Kier alpha value is -2.90. The van der Waals surface area contributed by atoms with Crippen molar-refractivity contribution in [3.8, 4) is 5.75 Å². The summed E-state index contributed by atoms with van der Waals surface area (Å²) in [5.41, 5.74) is 1.41. The average Bonchev–Trinajstić information content (AvgIpc) is 2.91. The molecule has 0 aliphatic rings. The molecule has 0 aliphatic heterocycles. The maximum atomic E-state index is 11.9. The van der Waals surface area contributed by atoms with Crippen molar-refractivity contribution in [3.05, 3.63) is 35.5 Å². The summed E-state index contributed by atoms with van der Waals surface area (Å²) in [6, 6.07) is 4.94. The average molecular weight is 319 g/mol. The number of carboxylic acids is 1. The van der Waals surface area contributed by atoms with E-state index >= 15 is 0 Å². The molecule has 122 valence electrons. The van der Waals surface area contributed by atoms with E-state index in [1.807, 2.05) is 0 Å². The van der Waals surface area contributed by atoms with Crippen LogP contribution >= 0.6 is 0 Å². The van der Waals surface area contributed by atoms with E-state index in [9.17, 15) is 9.59 Å². The monoisotopic (exact) mass is 319 g/mol. The van der Waals surface area contributed by atoms with Crippen molar-refractivity contribution in [1.29, 1.82) is 0 Å². The highest BCUT2D eigenvalue weighted by molar-refractivity contribution is 5.91. The molecule has 8 heteroatoms. The van der Waals surface area contributed by atoms with E-state index in [2.05, 4.69) is 15.5 Å². The number of rotatable bonds is 7. The van der Waals surface area contributed by atoms with Crippen LogP contribution in [0.25, 0.3) is 0 Å². The highest BCUT2D eigenvalue weighted by Crippen LogP contribution is 2.21. The van der Waals surface area contributed by atoms with E-state index in [1.165, 1.54) is 0 Å². The highest BCUT2D eigenvalue weighted by Gasteiger charge is 2.09. The Morgan fingerprint density at radius 2 is 2.13 bits per heavy atom. The van der Waals surface area contributed by atoms with Gasteiger partial charge in [0.1, 0.15) is 5.75 Å². The number of hydrogen-bond acceptors (Lipinski definition) is 6. The first-order valence-corrected chi connectivity index (χ1v) is 6.98. The van der Waals surface area contributed by atoms with Gasteiger partial charge in [0, 0.05) is 18.5 Å². The Labute approximate surface area is 132 Å². The van der Waals surface area contributed by atoms with E-state index in [0.29, 0.717) is 29.6 Å². The molecule has 0 saturated heterocycles. The number of carbonyl (C=O) groups is 2. The zero-order valence-electron chi connectivity index (χ0n) is 12.8. The van der Waals surface area contributed by atoms with Crippen LogP contribution in [0.15, 0.2) is 22.7 Å². The molecule has 0 bridgehead atoms. The summed E-state index contributed by atoms with van der Waals surface area (Å²) in [5.74, 6) is 0.170. The van der Waals surface area contributed by atoms with Crippen LogP contribution in [0.3, 0.4) is 0 Å². The van der Waals surface area contributed by atoms with Gasteiger partial charge in [-0.25, -0.2) is 4.79 Å². The van der Waals surface area contributed by atoms with Crippen LogP contribution in [-0.2, 0) is 16.0 Å². The fourth-order valence-electron chi connectivity index (χ4n) is 1.89. The Balaban J connectivity index is 1.88. The van der Waals surface area contributed by atoms with Crippen LogP contribution in [0.2, 0.25) is 0 Å². The quantitative estimate of drug-likeness (QED) is 0.798. The lowest BCUT2D eigenvalue weighted by molar-refractivity contribution is -0.139. The SMILES string of the molecule is Cc1noc(CCC(=O)Nc2ccc(OCC(=O)O)cc2C)n1. The summed E-state index contributed by atoms with van der Waals surface area (Å²) in [5, 5.41) is 15.0. The summed E-state index contributed by atoms with van der Waals surface area (Å²) in [7, 11) is 0. The van der Waals surface area contributed by atoms with Crippen LogP contribution in [-0.4, -0.2) is 33.7 Å². The molecule has 0 aliphatic carbocycles. The van der Waals surface area contributed by atoms with E-state index < -0.39 is 12.6 Å². The first kappa shape index (κ1) is 16.5. The Morgan fingerprint density at radius 1 is 1.35 bits per heavy atom. The van der Waals surface area contributed by atoms with E-state index in [4.69, 9.17) is 14.4 Å². The van der Waals surface area contributed by atoms with Gasteiger partial charge in [0.25, 0.3) is 0 Å². The lowest BCUT2D eigenvalue weighted by atomic mass is 10.2. The summed E-state index contributed by atoms with van der Waals surface area (Å²) in [4.78, 5) is 26.4. The zero-order chi connectivity index (χ0) is 16.8. The summed E-state index contributed by atoms with van der Waals surface area (Å²) >= 11 is 0. The summed E-state index contributed by atoms with van der Waals surface area (Å²) < 4.78 is 10.0. The molecule has 0 atom stereocenters. The van der Waals surface area contributed by atoms with Crippen molar-refractivity contribution >= 4 is 17.6 Å². The molecule has 2 rings (SSSR count). The molecule has 0 unspecified atom stereocenters. The molecule has 2 N–H and O–H groups in total. The fourth-order valence-corrected chi connectivity index (χ4v) is 1.89. The number of amides is 1. The maximum absolute atomic E-state index is 11.9. The maximum Gasteiger partial charge on any atom is 0.341 e. The number of hydrogen-bond donors (Lipinski definition) is 2. The van der Waals surface area contributed by atoms with Gasteiger partial charge in [-0.2, -0.15) is 4.98 Å². The number of ether oxygens (including phenoxy) is 1. The van der Waals surface area contributed by atoms with E-state index in [-0.39, 0.29) is 12.3 Å². The molecule has 23 heavy (non-hydrogen) atoms. The van der Waals surface area contributed by atoms with Gasteiger partial charge in [0.15, 0.2) is 12.4 Å². The van der Waals surface area contributed by atoms with Gasteiger partial charge in [-0.15, -0.1) is 0 Å². The van der Waals surface area contributed by atoms with Crippen LogP contribution in [0, 0.1) is 13.8 Å². The van der Waals surface area contributed by atoms with E-state index in [0.717, 1.165) is 5.56 Å². The first-order valence-electron chi connectivity index (χ1n) is 6.98. The van der Waals surface area contributed by atoms with Crippen LogP contribution in [0.5, 0.6) is 5.75 Å². The van der Waals surface area contributed by atoms with E-state index in [1.54, 1.807) is 32.0 Å². The minimum atomic E-state index is -1.05. The zero-order valence-corrected chi connectivity index (χ0v) is 12.8. The standard InChI is InChI=1S/C15H17N3O5/c1-9-7-11(22-8-15(20)21)3-4-12(9)17-13(19)5-6-14-16-10(2)18-23-14/h3-4,7H,5-6,8H2,1-2H3,(H,17,19)(H,20,21). The number of nitrogens with one attached hydrogen (secondary N) is 1. The van der Waals surface area contributed by atoms with Gasteiger partial charge in [-0.05, 0) is 37.6 Å². The predicted molar refractivity (Wildman–Crippen MR) is 80.3 cm³/mol. The number of anilines is 1. The van der Waals surface area contributed by atoms with Gasteiger partial charge in [0.05, 0.1) is 0 Å². The van der Waals surface area contributed by atoms with Crippen LogP contribution < -0.4 is 10.1 Å². The molecular weight excluding hydrogens is 302 g/mol. The number of nitrogens with zero attached hydrogens (tertiary/aromatic N) is 2. The molecule has 1 amide bonds. The van der Waals surface area contributed by atoms with Crippen molar-refractivity contribution in [3.63, 3.8) is 0 Å². The number of carbonyl (C=O) groups excluding carboxylic acids is 1. The summed E-state index contributed by atoms with van der Waals surface area (Å²) in [6.45, 7) is 3.10. The third-order valence-electron chi connectivity index (χ3n) is 2.97. The van der Waals surface area contributed by atoms with Crippen LogP contribution in [0.4, 0.5) is 5.69 Å². The molecule has 8 nitrogen and oxygen atoms in total. The number of aliphatic carboxylic acids is 1. The predicted octanol–water partition coefficient (Wildman–Crippen LogP) is 1.72. The first-order chi connectivity index (χ1) is 10.9. The molecule has 0 saturated carbocycles. The third kappa shape index (κ3) is 5.10. The number of aromatic nitrogens is 2. The van der Waals surface area contributed by atoms with Gasteiger partial charge in [-0.3, -0.25) is 4.79 Å². The second kappa shape index (κ2) is 7.39. The van der Waals surface area contributed by atoms with Crippen molar-refractivity contribution in [2.75, 3.05) is 11.9 Å². The fraction of sp³-hybridized carbons (Fsp3) is 0.333. The summed E-state index contributed by atoms with van der Waals surface area (Å²) in [6.07, 6.45) is 0.587. The van der Waals surface area contributed by atoms with Gasteiger partial charge >= 0.3 is 5.97 Å². The van der Waals surface area contributed by atoms with Crippen molar-refractivity contribution in [2.45, 2.75) is 26.7 Å². The minimum absolute atomic E-state index is 0.178. The van der Waals surface area contributed by atoms with Crippen molar-refractivity contribution in [2.24, 2.45) is 0 Å². The van der Waals surface area contributed by atoms with Gasteiger partial charge < -0.3 is 19.7 Å². The molecule has 1 aromatic carbocycles. The number of benzene rings is 1. The molecule has 0 fully saturated rings. The lowest BCUT2D eigenvalue weighted by Gasteiger charge is -2.10. The minimum Gasteiger partial charge on any atom is -0.482 e. The highest BCUT2D eigenvalue weighted by atomic mass is 16.5. The second-order valence-electron chi connectivity index (χ2n) is 4.94. The Bertz CT molecular complexity index is 711. The molecule has 0 radical (unpaired) electrons. The molecule has 2 aromatic rings. The topological polar surface area (TPSA) is 115 Å². The third-order valence-corrected chi connectivity index (χ3v) is 2.97. The lowest BCUT2D eigenvalue weighted by Crippen LogP contribution is -2.13. The van der Waals surface area contributed by atoms with Crippen molar-refractivity contribution < 1.29 is 24.0 Å². The van der Waals surface area contributed by atoms with Gasteiger partial charge in [-0.1, -0.05) is 5.16 Å². The number of carboxylic acid groups (broad SMARTS) is 1. The van der Waals surface area contributed by atoms with Gasteiger partial charge in [0.2, 0.25) is 11.8 Å². The number of aryl methyl sites for hydroxylation is 3. The smallest absolute Gasteiger partial charge is 0.341 e.